The van der Waals surface area contributed by atoms with Crippen molar-refractivity contribution in [1.29, 1.82) is 0 Å². The Labute approximate surface area is 102 Å². The molecular formula is C14H30N2. The average molecular weight is 226 g/mol. The Balaban J connectivity index is 2.80. The third kappa shape index (κ3) is 2.98. The summed E-state index contributed by atoms with van der Waals surface area (Å²) in [5.74, 6) is 0. The Bertz CT molecular complexity index is 225. The van der Waals surface area contributed by atoms with E-state index in [-0.39, 0.29) is 5.54 Å². The molecule has 16 heavy (non-hydrogen) atoms. The van der Waals surface area contributed by atoms with Crippen LogP contribution in [0.4, 0.5) is 0 Å². The van der Waals surface area contributed by atoms with E-state index in [0.717, 1.165) is 6.54 Å². The van der Waals surface area contributed by atoms with Crippen LogP contribution in [-0.2, 0) is 0 Å². The van der Waals surface area contributed by atoms with Gasteiger partial charge in [0.15, 0.2) is 0 Å². The van der Waals surface area contributed by atoms with Crippen LogP contribution in [0.2, 0.25) is 0 Å². The van der Waals surface area contributed by atoms with Gasteiger partial charge in [0.1, 0.15) is 0 Å². The molecule has 0 aromatic rings. The van der Waals surface area contributed by atoms with Crippen LogP contribution >= 0.6 is 0 Å². The van der Waals surface area contributed by atoms with E-state index >= 15 is 0 Å². The van der Waals surface area contributed by atoms with Crippen LogP contribution in [0.3, 0.4) is 0 Å². The molecule has 1 rings (SSSR count). The van der Waals surface area contributed by atoms with Crippen molar-refractivity contribution in [2.45, 2.75) is 77.9 Å². The van der Waals surface area contributed by atoms with Gasteiger partial charge in [-0.1, -0.05) is 20.3 Å². The summed E-state index contributed by atoms with van der Waals surface area (Å²) in [5.41, 5.74) is 0.598. The van der Waals surface area contributed by atoms with Gasteiger partial charge in [-0.25, -0.2) is 0 Å². The lowest BCUT2D eigenvalue weighted by Gasteiger charge is -2.53. The number of nitrogens with zero attached hydrogens (tertiary/aromatic N) is 1. The second-order valence-electron chi connectivity index (χ2n) is 6.35. The maximum absolute atomic E-state index is 3.69. The first kappa shape index (κ1) is 14.0. The zero-order chi connectivity index (χ0) is 12.4. The number of nitrogens with one attached hydrogen (secondary N) is 1. The van der Waals surface area contributed by atoms with E-state index in [0.29, 0.717) is 11.6 Å². The Hall–Kier alpha value is -0.0800. The fourth-order valence-electron chi connectivity index (χ4n) is 2.79. The molecule has 0 spiro atoms. The minimum atomic E-state index is 0.261. The topological polar surface area (TPSA) is 15.3 Å². The summed E-state index contributed by atoms with van der Waals surface area (Å²) in [7, 11) is 0. The summed E-state index contributed by atoms with van der Waals surface area (Å²) in [6.07, 6.45) is 3.82. The van der Waals surface area contributed by atoms with Crippen molar-refractivity contribution in [2.24, 2.45) is 0 Å². The highest BCUT2D eigenvalue weighted by Crippen LogP contribution is 2.29. The fraction of sp³-hybridized carbons (Fsp3) is 1.00. The number of hydrogen-bond acceptors (Lipinski definition) is 2. The van der Waals surface area contributed by atoms with Gasteiger partial charge in [0.25, 0.3) is 0 Å². The van der Waals surface area contributed by atoms with Crippen molar-refractivity contribution in [3.63, 3.8) is 0 Å². The van der Waals surface area contributed by atoms with Crippen molar-refractivity contribution in [1.82, 2.24) is 10.2 Å². The van der Waals surface area contributed by atoms with E-state index in [2.05, 4.69) is 51.8 Å². The van der Waals surface area contributed by atoms with Gasteiger partial charge in [0.2, 0.25) is 0 Å². The quantitative estimate of drug-likeness (QED) is 0.792. The van der Waals surface area contributed by atoms with Crippen LogP contribution in [0.1, 0.15) is 60.8 Å². The highest BCUT2D eigenvalue weighted by atomic mass is 15.3. The first-order chi connectivity index (χ1) is 7.34. The van der Waals surface area contributed by atoms with Crippen molar-refractivity contribution < 1.29 is 0 Å². The molecule has 2 atom stereocenters. The molecule has 0 aliphatic carbocycles. The van der Waals surface area contributed by atoms with E-state index < -0.39 is 0 Å². The van der Waals surface area contributed by atoms with Gasteiger partial charge in [0, 0.05) is 30.2 Å². The molecule has 0 aromatic heterocycles. The number of piperazine rings is 1. The molecule has 1 aliphatic heterocycles. The summed E-state index contributed by atoms with van der Waals surface area (Å²) >= 11 is 0. The first-order valence-electron chi connectivity index (χ1n) is 6.86. The van der Waals surface area contributed by atoms with Crippen LogP contribution in [0.25, 0.3) is 0 Å². The smallest absolute Gasteiger partial charge is 0.0306 e. The molecule has 2 heteroatoms. The lowest BCUT2D eigenvalue weighted by Crippen LogP contribution is -2.68. The maximum atomic E-state index is 3.69. The van der Waals surface area contributed by atoms with E-state index in [1.165, 1.54) is 25.8 Å². The van der Waals surface area contributed by atoms with Crippen LogP contribution < -0.4 is 5.32 Å². The molecule has 1 saturated heterocycles. The Morgan fingerprint density at radius 3 is 2.38 bits per heavy atom. The summed E-state index contributed by atoms with van der Waals surface area (Å²) in [6.45, 7) is 16.3. The molecule has 0 radical (unpaired) electrons. The van der Waals surface area contributed by atoms with Crippen LogP contribution in [0, 0.1) is 0 Å². The highest BCUT2D eigenvalue weighted by molar-refractivity contribution is 5.00. The molecule has 1 heterocycles. The van der Waals surface area contributed by atoms with E-state index in [1.54, 1.807) is 0 Å². The van der Waals surface area contributed by atoms with E-state index in [1.807, 2.05) is 0 Å². The van der Waals surface area contributed by atoms with E-state index in [4.69, 9.17) is 0 Å². The van der Waals surface area contributed by atoms with Crippen molar-refractivity contribution in [3.05, 3.63) is 0 Å². The van der Waals surface area contributed by atoms with Gasteiger partial charge in [-0.05, 0) is 40.5 Å². The predicted molar refractivity (Wildman–Crippen MR) is 71.9 cm³/mol. The third-order valence-electron chi connectivity index (χ3n) is 4.21. The zero-order valence-corrected chi connectivity index (χ0v) is 12.1. The average Bonchev–Trinajstić information content (AvgIpc) is 2.22. The Morgan fingerprint density at radius 1 is 1.25 bits per heavy atom. The Kier molecular flexibility index (Phi) is 4.42. The lowest BCUT2D eigenvalue weighted by atomic mass is 9.86. The minimum Gasteiger partial charge on any atom is -0.309 e. The van der Waals surface area contributed by atoms with Crippen molar-refractivity contribution >= 4 is 0 Å². The molecule has 0 amide bonds. The van der Waals surface area contributed by atoms with Gasteiger partial charge in [-0.3, -0.25) is 4.90 Å². The van der Waals surface area contributed by atoms with Gasteiger partial charge < -0.3 is 5.32 Å². The van der Waals surface area contributed by atoms with Gasteiger partial charge in [-0.2, -0.15) is 0 Å². The minimum absolute atomic E-state index is 0.261. The standard InChI is InChI=1S/C14H30N2/c1-7-9-12(3)16-11-13(4,5)15-10-14(16,6)8-2/h12,15H,7-11H2,1-6H3. The summed E-state index contributed by atoms with van der Waals surface area (Å²) in [4.78, 5) is 2.73. The highest BCUT2D eigenvalue weighted by Gasteiger charge is 2.41. The molecule has 2 nitrogen and oxygen atoms in total. The van der Waals surface area contributed by atoms with Crippen LogP contribution in [-0.4, -0.2) is 35.1 Å². The van der Waals surface area contributed by atoms with Crippen molar-refractivity contribution in [3.8, 4) is 0 Å². The fourth-order valence-corrected chi connectivity index (χ4v) is 2.79. The van der Waals surface area contributed by atoms with Crippen LogP contribution in [0.5, 0.6) is 0 Å². The molecule has 1 aliphatic rings. The second-order valence-corrected chi connectivity index (χ2v) is 6.35. The molecule has 0 saturated carbocycles. The second kappa shape index (κ2) is 5.05. The van der Waals surface area contributed by atoms with Gasteiger partial charge in [-0.15, -0.1) is 0 Å². The zero-order valence-electron chi connectivity index (χ0n) is 12.1. The molecule has 1 N–H and O–H groups in total. The largest absolute Gasteiger partial charge is 0.309 e. The first-order valence-corrected chi connectivity index (χ1v) is 6.86. The van der Waals surface area contributed by atoms with Gasteiger partial charge >= 0.3 is 0 Å². The van der Waals surface area contributed by atoms with Crippen LogP contribution in [0.15, 0.2) is 0 Å². The Morgan fingerprint density at radius 2 is 1.88 bits per heavy atom. The van der Waals surface area contributed by atoms with Gasteiger partial charge in [0.05, 0.1) is 0 Å². The monoisotopic (exact) mass is 226 g/mol. The molecule has 1 fully saturated rings. The molecule has 96 valence electrons. The summed E-state index contributed by atoms with van der Waals surface area (Å²) in [6, 6.07) is 0.705. The van der Waals surface area contributed by atoms with Crippen molar-refractivity contribution in [2.75, 3.05) is 13.1 Å². The third-order valence-corrected chi connectivity index (χ3v) is 4.21. The number of hydrogen-bond donors (Lipinski definition) is 1. The summed E-state index contributed by atoms with van der Waals surface area (Å²) in [5, 5.41) is 3.69. The maximum Gasteiger partial charge on any atom is 0.0306 e. The molecular weight excluding hydrogens is 196 g/mol. The normalized spacial score (nSPS) is 32.6. The summed E-state index contributed by atoms with van der Waals surface area (Å²) < 4.78 is 0. The SMILES string of the molecule is CCCC(C)N1CC(C)(C)NCC1(C)CC. The predicted octanol–water partition coefficient (Wildman–Crippen LogP) is 3.03. The molecule has 0 aromatic carbocycles. The van der Waals surface area contributed by atoms with E-state index in [9.17, 15) is 0 Å². The number of rotatable bonds is 4. The lowest BCUT2D eigenvalue weighted by molar-refractivity contribution is -0.00779. The molecule has 0 bridgehead atoms. The molecule has 2 unspecified atom stereocenters.